The van der Waals surface area contributed by atoms with Crippen molar-refractivity contribution in [1.29, 1.82) is 0 Å². The van der Waals surface area contributed by atoms with E-state index >= 15 is 0 Å². The van der Waals surface area contributed by atoms with E-state index in [1.807, 2.05) is 30.3 Å². The fraction of sp³-hybridized carbons (Fsp3) is 0.0833. The fourth-order valence-corrected chi connectivity index (χ4v) is 4.21. The molecule has 0 spiro atoms. The molecule has 2 N–H and O–H groups in total. The molecule has 5 heterocycles. The molecule has 0 fully saturated rings. The van der Waals surface area contributed by atoms with Gasteiger partial charge in [-0.3, -0.25) is 4.98 Å². The smallest absolute Gasteiger partial charge is 0.200 e. The van der Waals surface area contributed by atoms with Gasteiger partial charge in [0.05, 0.1) is 15.6 Å². The van der Waals surface area contributed by atoms with Gasteiger partial charge in [-0.15, -0.1) is 0 Å². The topological polar surface area (TPSA) is 92.5 Å². The number of benzene rings is 1. The lowest BCUT2D eigenvalue weighted by Gasteiger charge is -2.05. The Morgan fingerprint density at radius 2 is 1.91 bits per heavy atom. The largest absolute Gasteiger partial charge is 0.440 e. The monoisotopic (exact) mass is 474 g/mol. The molecular weight excluding hydrogens is 459 g/mol. The molecule has 0 aliphatic rings. The minimum atomic E-state index is 0.525. The first-order valence-electron chi connectivity index (χ1n) is 10.3. The van der Waals surface area contributed by atoms with Crippen molar-refractivity contribution in [2.24, 2.45) is 0 Å². The van der Waals surface area contributed by atoms with Gasteiger partial charge in [-0.2, -0.15) is 0 Å². The van der Waals surface area contributed by atoms with E-state index in [9.17, 15) is 0 Å². The normalized spacial score (nSPS) is 11.6. The molecular formula is C24H16Cl2N6O. The Bertz CT molecular complexity index is 1640. The van der Waals surface area contributed by atoms with E-state index < -0.39 is 0 Å². The van der Waals surface area contributed by atoms with E-state index in [-0.39, 0.29) is 0 Å². The molecule has 0 amide bonds. The molecule has 0 bridgehead atoms. The summed E-state index contributed by atoms with van der Waals surface area (Å²) in [5.74, 6) is 1.26. The summed E-state index contributed by atoms with van der Waals surface area (Å²) in [4.78, 5) is 20.9. The summed E-state index contributed by atoms with van der Waals surface area (Å²) in [5.41, 5.74) is 5.06. The van der Waals surface area contributed by atoms with Crippen LogP contribution in [-0.2, 0) is 13.0 Å². The molecule has 0 saturated carbocycles. The van der Waals surface area contributed by atoms with Crippen molar-refractivity contribution >= 4 is 62.1 Å². The van der Waals surface area contributed by atoms with Gasteiger partial charge in [-0.1, -0.05) is 29.3 Å². The van der Waals surface area contributed by atoms with E-state index in [0.29, 0.717) is 45.8 Å². The highest BCUT2D eigenvalue weighted by Gasteiger charge is 2.13. The third kappa shape index (κ3) is 3.86. The van der Waals surface area contributed by atoms with Crippen LogP contribution in [0, 0.1) is 0 Å². The van der Waals surface area contributed by atoms with E-state index in [0.717, 1.165) is 33.1 Å². The van der Waals surface area contributed by atoms with Crippen LogP contribution in [0.4, 0.5) is 5.82 Å². The highest BCUT2D eigenvalue weighted by Crippen LogP contribution is 2.26. The number of oxazole rings is 1. The van der Waals surface area contributed by atoms with Gasteiger partial charge >= 0.3 is 0 Å². The number of nitrogens with one attached hydrogen (secondary N) is 2. The Kier molecular flexibility index (Phi) is 4.86. The summed E-state index contributed by atoms with van der Waals surface area (Å²) in [6.07, 6.45) is 7.43. The molecule has 7 nitrogen and oxygen atoms in total. The molecule has 6 aromatic rings. The first-order chi connectivity index (χ1) is 16.1. The maximum Gasteiger partial charge on any atom is 0.200 e. The van der Waals surface area contributed by atoms with Crippen LogP contribution < -0.4 is 5.32 Å². The van der Waals surface area contributed by atoms with E-state index in [1.54, 1.807) is 24.8 Å². The molecule has 0 aliphatic carbocycles. The maximum absolute atomic E-state index is 6.21. The van der Waals surface area contributed by atoms with Gasteiger partial charge in [-0.25, -0.2) is 15.0 Å². The lowest BCUT2D eigenvalue weighted by molar-refractivity contribution is 0.544. The van der Waals surface area contributed by atoms with Crippen molar-refractivity contribution in [3.05, 3.63) is 88.2 Å². The summed E-state index contributed by atoms with van der Waals surface area (Å²) in [6.45, 7) is 0.525. The molecule has 1 aromatic carbocycles. The summed E-state index contributed by atoms with van der Waals surface area (Å²) < 4.78 is 6.00. The van der Waals surface area contributed by atoms with Crippen LogP contribution in [0.3, 0.4) is 0 Å². The highest BCUT2D eigenvalue weighted by molar-refractivity contribution is 6.35. The average Bonchev–Trinajstić information content (AvgIpc) is 3.40. The molecule has 33 heavy (non-hydrogen) atoms. The second-order valence-corrected chi connectivity index (χ2v) is 8.54. The lowest BCUT2D eigenvalue weighted by Crippen LogP contribution is -2.02. The third-order valence-corrected chi connectivity index (χ3v) is 5.94. The summed E-state index contributed by atoms with van der Waals surface area (Å²) in [5, 5.41) is 6.46. The number of anilines is 1. The number of hydrogen-bond donors (Lipinski definition) is 2. The summed E-state index contributed by atoms with van der Waals surface area (Å²) in [7, 11) is 0. The van der Waals surface area contributed by atoms with Gasteiger partial charge < -0.3 is 14.7 Å². The number of aromatic nitrogens is 5. The van der Waals surface area contributed by atoms with Crippen LogP contribution in [0.5, 0.6) is 0 Å². The van der Waals surface area contributed by atoms with Gasteiger partial charge in [0, 0.05) is 54.6 Å². The minimum absolute atomic E-state index is 0.525. The molecule has 0 atom stereocenters. The maximum atomic E-state index is 6.21. The molecule has 0 radical (unpaired) electrons. The highest BCUT2D eigenvalue weighted by atomic mass is 35.5. The first-order valence-corrected chi connectivity index (χ1v) is 11.0. The Hall–Kier alpha value is -3.68. The zero-order valence-electron chi connectivity index (χ0n) is 17.1. The SMILES string of the molecule is Clc1cnc2ccc(Cc3nc4c(NCc5cnc6[nH]cc(Cl)c6c5)nccc4o3)cc2c1. The standard InChI is InChI=1S/C24H16Cl2N6O/c25-16-8-15-5-13(1-2-19(15)28-11-16)7-21-32-22-20(33-21)3-4-27-24(22)30-10-14-6-17-18(26)12-31-23(17)29-9-14/h1-6,8-9,11-12H,7,10H2,(H,27,30)(H,29,31). The Morgan fingerprint density at radius 3 is 2.85 bits per heavy atom. The molecule has 0 saturated heterocycles. The second kappa shape index (κ2) is 8.03. The van der Waals surface area contributed by atoms with Gasteiger partial charge in [-0.05, 0) is 35.4 Å². The predicted octanol–water partition coefficient (Wildman–Crippen LogP) is 6.16. The van der Waals surface area contributed by atoms with Gasteiger partial charge in [0.1, 0.15) is 5.65 Å². The zero-order valence-corrected chi connectivity index (χ0v) is 18.7. The second-order valence-electron chi connectivity index (χ2n) is 7.70. The number of rotatable bonds is 5. The van der Waals surface area contributed by atoms with Crippen molar-refractivity contribution in [2.75, 3.05) is 5.32 Å². The fourth-order valence-electron chi connectivity index (χ4n) is 3.84. The van der Waals surface area contributed by atoms with Gasteiger partial charge in [0.2, 0.25) is 0 Å². The number of halogens is 2. The van der Waals surface area contributed by atoms with Crippen LogP contribution in [0.2, 0.25) is 10.0 Å². The summed E-state index contributed by atoms with van der Waals surface area (Å²) >= 11 is 12.3. The number of nitrogens with zero attached hydrogens (tertiary/aromatic N) is 4. The quantitative estimate of drug-likeness (QED) is 0.310. The average molecular weight is 475 g/mol. The van der Waals surface area contributed by atoms with Crippen molar-refractivity contribution in [3.8, 4) is 0 Å². The Balaban J connectivity index is 1.25. The van der Waals surface area contributed by atoms with Crippen LogP contribution >= 0.6 is 23.2 Å². The molecule has 5 aromatic heterocycles. The van der Waals surface area contributed by atoms with Crippen molar-refractivity contribution in [1.82, 2.24) is 24.9 Å². The molecule has 0 aliphatic heterocycles. The lowest BCUT2D eigenvalue weighted by atomic mass is 10.1. The number of pyridine rings is 3. The Labute approximate surface area is 197 Å². The summed E-state index contributed by atoms with van der Waals surface area (Å²) in [6, 6.07) is 11.8. The number of aromatic amines is 1. The molecule has 0 unspecified atom stereocenters. The molecule has 162 valence electrons. The van der Waals surface area contributed by atoms with Crippen LogP contribution in [0.1, 0.15) is 17.0 Å². The third-order valence-electron chi connectivity index (χ3n) is 5.42. The zero-order chi connectivity index (χ0) is 22.4. The van der Waals surface area contributed by atoms with E-state index in [4.69, 9.17) is 32.6 Å². The van der Waals surface area contributed by atoms with E-state index in [1.165, 1.54) is 0 Å². The number of H-pyrrole nitrogens is 1. The van der Waals surface area contributed by atoms with Crippen molar-refractivity contribution in [3.63, 3.8) is 0 Å². The van der Waals surface area contributed by atoms with E-state index in [2.05, 4.69) is 31.3 Å². The van der Waals surface area contributed by atoms with Crippen molar-refractivity contribution < 1.29 is 4.42 Å². The number of fused-ring (bicyclic) bond motifs is 3. The van der Waals surface area contributed by atoms with Crippen LogP contribution in [0.25, 0.3) is 33.0 Å². The molecule has 6 rings (SSSR count). The predicted molar refractivity (Wildman–Crippen MR) is 130 cm³/mol. The minimum Gasteiger partial charge on any atom is -0.440 e. The first kappa shape index (κ1) is 20.0. The van der Waals surface area contributed by atoms with Crippen molar-refractivity contribution in [2.45, 2.75) is 13.0 Å². The Morgan fingerprint density at radius 1 is 0.970 bits per heavy atom. The van der Waals surface area contributed by atoms with Gasteiger partial charge in [0.25, 0.3) is 0 Å². The van der Waals surface area contributed by atoms with Crippen LogP contribution in [0.15, 0.2) is 65.6 Å². The number of hydrogen-bond acceptors (Lipinski definition) is 6. The molecule has 9 heteroatoms. The van der Waals surface area contributed by atoms with Crippen LogP contribution in [-0.4, -0.2) is 24.9 Å². The van der Waals surface area contributed by atoms with Gasteiger partial charge in [0.15, 0.2) is 22.8 Å².